The molecule has 0 saturated heterocycles. The Labute approximate surface area is 162 Å². The van der Waals surface area contributed by atoms with Gasteiger partial charge in [-0.25, -0.2) is 4.39 Å². The van der Waals surface area contributed by atoms with Gasteiger partial charge in [-0.05, 0) is 37.6 Å². The van der Waals surface area contributed by atoms with E-state index in [4.69, 9.17) is 0 Å². The molecule has 1 aromatic rings. The highest BCUT2D eigenvalue weighted by atomic mass is 127. The molecule has 0 unspecified atom stereocenters. The minimum atomic E-state index is -0.193. The normalized spacial score (nSPS) is 11.1. The van der Waals surface area contributed by atoms with Crippen LogP contribution in [0.25, 0.3) is 0 Å². The summed E-state index contributed by atoms with van der Waals surface area (Å²) in [4.78, 5) is 8.63. The molecule has 1 rings (SSSR count). The van der Waals surface area contributed by atoms with Gasteiger partial charge in [-0.2, -0.15) is 0 Å². The van der Waals surface area contributed by atoms with Gasteiger partial charge in [0.25, 0.3) is 0 Å². The molecule has 0 atom stereocenters. The molecule has 0 aliphatic carbocycles. The minimum absolute atomic E-state index is 0. The highest BCUT2D eigenvalue weighted by Crippen LogP contribution is 2.05. The molecule has 136 valence electrons. The molecule has 1 N–H and O–H groups in total. The molecular weight excluding hydrogens is 418 g/mol. The van der Waals surface area contributed by atoms with Crippen molar-refractivity contribution < 1.29 is 4.39 Å². The van der Waals surface area contributed by atoms with Crippen LogP contribution in [0.5, 0.6) is 0 Å². The van der Waals surface area contributed by atoms with Crippen LogP contribution in [0.15, 0.2) is 41.9 Å². The average Bonchev–Trinajstić information content (AvgIpc) is 2.54. The molecular formula is C18H30FIN4. The molecule has 4 nitrogen and oxygen atoms in total. The molecule has 0 spiro atoms. The number of allylic oxidation sites excluding steroid dienone is 1. The van der Waals surface area contributed by atoms with E-state index in [0.29, 0.717) is 0 Å². The molecule has 0 heterocycles. The smallest absolute Gasteiger partial charge is 0.193 e. The van der Waals surface area contributed by atoms with Crippen molar-refractivity contribution in [2.75, 3.05) is 40.8 Å². The fraction of sp³-hybridized carbons (Fsp3) is 0.500. The van der Waals surface area contributed by atoms with E-state index in [1.165, 1.54) is 12.1 Å². The van der Waals surface area contributed by atoms with Crippen LogP contribution in [0, 0.1) is 5.82 Å². The fourth-order valence-corrected chi connectivity index (χ4v) is 2.30. The van der Waals surface area contributed by atoms with Gasteiger partial charge < -0.3 is 15.1 Å². The van der Waals surface area contributed by atoms with Gasteiger partial charge in [0.15, 0.2) is 5.96 Å². The number of aliphatic imine (C=N–C) groups is 1. The lowest BCUT2D eigenvalue weighted by molar-refractivity contribution is 0.328. The maximum absolute atomic E-state index is 12.9. The molecule has 0 fully saturated rings. The van der Waals surface area contributed by atoms with E-state index in [9.17, 15) is 4.39 Å². The minimum Gasteiger partial charge on any atom is -0.355 e. The average molecular weight is 448 g/mol. The van der Waals surface area contributed by atoms with Gasteiger partial charge in [0.2, 0.25) is 0 Å². The van der Waals surface area contributed by atoms with Gasteiger partial charge in [-0.1, -0.05) is 18.2 Å². The Bertz CT molecular complexity index is 490. The molecule has 0 bridgehead atoms. The number of likely N-dealkylation sites (N-methyl/N-ethyl adjacent to an activating group) is 1. The van der Waals surface area contributed by atoms with Gasteiger partial charge in [-0.15, -0.1) is 30.6 Å². The number of guanidine groups is 1. The van der Waals surface area contributed by atoms with E-state index in [1.54, 1.807) is 7.05 Å². The maximum Gasteiger partial charge on any atom is 0.193 e. The summed E-state index contributed by atoms with van der Waals surface area (Å²) in [5, 5.41) is 3.37. The number of unbranched alkanes of at least 4 members (excludes halogenated alkanes) is 1. The number of hydrogen-bond acceptors (Lipinski definition) is 2. The van der Waals surface area contributed by atoms with Crippen molar-refractivity contribution in [2.24, 2.45) is 4.99 Å². The summed E-state index contributed by atoms with van der Waals surface area (Å²) >= 11 is 0. The molecule has 0 saturated carbocycles. The highest BCUT2D eigenvalue weighted by molar-refractivity contribution is 14.0. The van der Waals surface area contributed by atoms with E-state index in [2.05, 4.69) is 33.7 Å². The topological polar surface area (TPSA) is 30.9 Å². The standard InChI is InChI=1S/C18H29FN4.HI/c1-5-6-7-13-23(4)18(20-2)21-12-14-22(3)15-16-8-10-17(19)11-9-16;/h5,8-11H,1,6-7,12-15H2,2-4H3,(H,20,21);1H. The Morgan fingerprint density at radius 1 is 1.25 bits per heavy atom. The van der Waals surface area contributed by atoms with Gasteiger partial charge in [0.05, 0.1) is 0 Å². The van der Waals surface area contributed by atoms with Crippen LogP contribution in [0.1, 0.15) is 18.4 Å². The summed E-state index contributed by atoms with van der Waals surface area (Å²) in [7, 11) is 5.90. The lowest BCUT2D eigenvalue weighted by atomic mass is 10.2. The molecule has 24 heavy (non-hydrogen) atoms. The second-order valence-electron chi connectivity index (χ2n) is 5.69. The summed E-state index contributed by atoms with van der Waals surface area (Å²) in [5.74, 6) is 0.714. The lowest BCUT2D eigenvalue weighted by Crippen LogP contribution is -2.42. The number of nitrogens with one attached hydrogen (secondary N) is 1. The first-order valence-electron chi connectivity index (χ1n) is 8.02. The van der Waals surface area contributed by atoms with Crippen molar-refractivity contribution in [1.29, 1.82) is 0 Å². The number of halogens is 2. The third-order valence-corrected chi connectivity index (χ3v) is 3.62. The Morgan fingerprint density at radius 3 is 2.50 bits per heavy atom. The second-order valence-corrected chi connectivity index (χ2v) is 5.69. The van der Waals surface area contributed by atoms with Crippen LogP contribution in [0.4, 0.5) is 4.39 Å². The number of nitrogens with zero attached hydrogens (tertiary/aromatic N) is 3. The SMILES string of the molecule is C=CCCCN(C)C(=NC)NCCN(C)Cc1ccc(F)cc1.I. The zero-order valence-electron chi connectivity index (χ0n) is 15.0. The zero-order chi connectivity index (χ0) is 17.1. The van der Waals surface area contributed by atoms with Crippen molar-refractivity contribution in [3.63, 3.8) is 0 Å². The van der Waals surface area contributed by atoms with Crippen molar-refractivity contribution in [3.8, 4) is 0 Å². The van der Waals surface area contributed by atoms with E-state index >= 15 is 0 Å². The zero-order valence-corrected chi connectivity index (χ0v) is 17.3. The summed E-state index contributed by atoms with van der Waals surface area (Å²) < 4.78 is 12.9. The number of benzene rings is 1. The Balaban J connectivity index is 0.00000529. The summed E-state index contributed by atoms with van der Waals surface area (Å²) in [5.41, 5.74) is 1.11. The van der Waals surface area contributed by atoms with Crippen molar-refractivity contribution >= 4 is 29.9 Å². The first kappa shape index (κ1) is 22.9. The van der Waals surface area contributed by atoms with E-state index < -0.39 is 0 Å². The largest absolute Gasteiger partial charge is 0.355 e. The summed E-state index contributed by atoms with van der Waals surface area (Å²) in [6.45, 7) is 7.20. The predicted octanol–water partition coefficient (Wildman–Crippen LogP) is 3.35. The molecule has 0 aliphatic heterocycles. The van der Waals surface area contributed by atoms with Crippen LogP contribution in [0.3, 0.4) is 0 Å². The monoisotopic (exact) mass is 448 g/mol. The Morgan fingerprint density at radius 2 is 1.92 bits per heavy atom. The first-order valence-corrected chi connectivity index (χ1v) is 8.02. The quantitative estimate of drug-likeness (QED) is 0.207. The Kier molecular flexibility index (Phi) is 12.5. The molecule has 0 amide bonds. The maximum atomic E-state index is 12.9. The van der Waals surface area contributed by atoms with E-state index in [1.807, 2.05) is 25.3 Å². The van der Waals surface area contributed by atoms with Crippen molar-refractivity contribution in [3.05, 3.63) is 48.3 Å². The fourth-order valence-electron chi connectivity index (χ4n) is 2.30. The molecule has 1 aromatic carbocycles. The highest BCUT2D eigenvalue weighted by Gasteiger charge is 2.06. The van der Waals surface area contributed by atoms with E-state index in [-0.39, 0.29) is 29.8 Å². The van der Waals surface area contributed by atoms with Crippen LogP contribution < -0.4 is 5.32 Å². The van der Waals surface area contributed by atoms with Gasteiger partial charge in [0.1, 0.15) is 5.82 Å². The van der Waals surface area contributed by atoms with Crippen LogP contribution >= 0.6 is 24.0 Å². The van der Waals surface area contributed by atoms with Crippen molar-refractivity contribution in [2.45, 2.75) is 19.4 Å². The predicted molar refractivity (Wildman–Crippen MR) is 112 cm³/mol. The second kappa shape index (κ2) is 13.2. The molecule has 6 heteroatoms. The first-order chi connectivity index (χ1) is 11.1. The Hall–Kier alpha value is -1.15. The molecule has 0 radical (unpaired) electrons. The van der Waals surface area contributed by atoms with Crippen LogP contribution in [-0.4, -0.2) is 56.5 Å². The van der Waals surface area contributed by atoms with Gasteiger partial charge in [-0.3, -0.25) is 4.99 Å². The third-order valence-electron chi connectivity index (χ3n) is 3.62. The van der Waals surface area contributed by atoms with E-state index in [0.717, 1.165) is 50.5 Å². The molecule has 0 aromatic heterocycles. The van der Waals surface area contributed by atoms with Gasteiger partial charge in [0, 0.05) is 40.3 Å². The van der Waals surface area contributed by atoms with Gasteiger partial charge >= 0.3 is 0 Å². The molecule has 0 aliphatic rings. The van der Waals surface area contributed by atoms with Crippen LogP contribution in [-0.2, 0) is 6.54 Å². The number of hydrogen-bond donors (Lipinski definition) is 1. The van der Waals surface area contributed by atoms with Crippen LogP contribution in [0.2, 0.25) is 0 Å². The lowest BCUT2D eigenvalue weighted by Gasteiger charge is -2.23. The summed E-state index contributed by atoms with van der Waals surface area (Å²) in [6, 6.07) is 6.65. The summed E-state index contributed by atoms with van der Waals surface area (Å²) in [6.07, 6.45) is 4.03. The number of rotatable bonds is 9. The van der Waals surface area contributed by atoms with Crippen molar-refractivity contribution in [1.82, 2.24) is 15.1 Å². The third kappa shape index (κ3) is 9.22.